The summed E-state index contributed by atoms with van der Waals surface area (Å²) in [6.07, 6.45) is 0. The van der Waals surface area contributed by atoms with Gasteiger partial charge in [-0.3, -0.25) is 0 Å². The van der Waals surface area contributed by atoms with E-state index in [4.69, 9.17) is 0 Å². The van der Waals surface area contributed by atoms with E-state index in [9.17, 15) is 0 Å². The zero-order valence-electron chi connectivity index (χ0n) is 24.4. The SMILES string of the molecule is c1ccc(-c2cccc(N(c3ccccc3)c3ccc4c(c3)sc3ccccc34)c2-c2cccc3sc4ccccc4c23)cc1. The highest BCUT2D eigenvalue weighted by Gasteiger charge is 2.23. The summed E-state index contributed by atoms with van der Waals surface area (Å²) in [7, 11) is 0. The molecule has 9 aromatic rings. The molecule has 1 nitrogen and oxygen atoms in total. The summed E-state index contributed by atoms with van der Waals surface area (Å²) in [4.78, 5) is 2.44. The van der Waals surface area contributed by atoms with Crippen LogP contribution in [0.5, 0.6) is 0 Å². The van der Waals surface area contributed by atoms with E-state index in [2.05, 4.69) is 169 Å². The first-order chi connectivity index (χ1) is 22.3. The molecule has 0 radical (unpaired) electrons. The third-order valence-electron chi connectivity index (χ3n) is 8.67. The fourth-order valence-electron chi connectivity index (χ4n) is 6.71. The molecular weight excluding hydrogens is 583 g/mol. The highest BCUT2D eigenvalue weighted by Crippen LogP contribution is 2.50. The summed E-state index contributed by atoms with van der Waals surface area (Å²) in [5.41, 5.74) is 8.35. The van der Waals surface area contributed by atoms with Gasteiger partial charge in [-0.05, 0) is 65.2 Å². The minimum atomic E-state index is 1.13. The first-order valence-corrected chi connectivity index (χ1v) is 16.8. The van der Waals surface area contributed by atoms with Crippen LogP contribution in [0.4, 0.5) is 17.1 Å². The molecule has 0 spiro atoms. The number of fused-ring (bicyclic) bond motifs is 6. The Morgan fingerprint density at radius 2 is 0.978 bits per heavy atom. The second-order valence-electron chi connectivity index (χ2n) is 11.3. The van der Waals surface area contributed by atoms with Crippen LogP contribution in [0, 0.1) is 0 Å². The van der Waals surface area contributed by atoms with Crippen LogP contribution in [0.1, 0.15) is 0 Å². The van der Waals surface area contributed by atoms with Crippen LogP contribution in [-0.2, 0) is 0 Å². The fourth-order valence-corrected chi connectivity index (χ4v) is 8.98. The molecule has 0 aliphatic heterocycles. The number of para-hydroxylation sites is 1. The second kappa shape index (κ2) is 10.7. The van der Waals surface area contributed by atoms with E-state index in [-0.39, 0.29) is 0 Å². The van der Waals surface area contributed by atoms with Gasteiger partial charge in [-0.2, -0.15) is 0 Å². The molecule has 0 aliphatic carbocycles. The Hall–Kier alpha value is -5.22. The van der Waals surface area contributed by atoms with Crippen LogP contribution < -0.4 is 4.90 Å². The quantitative estimate of drug-likeness (QED) is 0.188. The third-order valence-corrected chi connectivity index (χ3v) is 10.9. The lowest BCUT2D eigenvalue weighted by Crippen LogP contribution is -2.11. The maximum absolute atomic E-state index is 2.44. The number of nitrogens with zero attached hydrogens (tertiary/aromatic N) is 1. The van der Waals surface area contributed by atoms with E-state index in [1.54, 1.807) is 0 Å². The van der Waals surface area contributed by atoms with E-state index in [0.29, 0.717) is 0 Å². The molecule has 45 heavy (non-hydrogen) atoms. The number of thiophene rings is 2. The molecule has 2 aromatic heterocycles. The first-order valence-electron chi connectivity index (χ1n) is 15.2. The van der Waals surface area contributed by atoms with Gasteiger partial charge >= 0.3 is 0 Å². The topological polar surface area (TPSA) is 3.24 Å². The Balaban J connectivity index is 1.38. The number of anilines is 3. The van der Waals surface area contributed by atoms with Gasteiger partial charge in [0.15, 0.2) is 0 Å². The Kier molecular flexibility index (Phi) is 6.26. The van der Waals surface area contributed by atoms with Crippen molar-refractivity contribution < 1.29 is 0 Å². The van der Waals surface area contributed by atoms with Crippen LogP contribution in [0.25, 0.3) is 62.6 Å². The predicted molar refractivity (Wildman–Crippen MR) is 198 cm³/mol. The van der Waals surface area contributed by atoms with E-state index >= 15 is 0 Å². The third kappa shape index (κ3) is 4.35. The Bertz CT molecular complexity index is 2490. The lowest BCUT2D eigenvalue weighted by atomic mass is 9.89. The zero-order valence-corrected chi connectivity index (χ0v) is 26.0. The van der Waals surface area contributed by atoms with Crippen molar-refractivity contribution in [3.05, 3.63) is 164 Å². The molecule has 0 N–H and O–H groups in total. The summed E-state index contributed by atoms with van der Waals surface area (Å²) in [5.74, 6) is 0. The summed E-state index contributed by atoms with van der Waals surface area (Å²) in [6.45, 7) is 0. The molecule has 0 saturated heterocycles. The van der Waals surface area contributed by atoms with Crippen molar-refractivity contribution in [2.24, 2.45) is 0 Å². The van der Waals surface area contributed by atoms with Gasteiger partial charge in [0.2, 0.25) is 0 Å². The van der Waals surface area contributed by atoms with Crippen molar-refractivity contribution in [3.8, 4) is 22.3 Å². The lowest BCUT2D eigenvalue weighted by molar-refractivity contribution is 1.29. The summed E-state index contributed by atoms with van der Waals surface area (Å²) >= 11 is 3.73. The van der Waals surface area contributed by atoms with Crippen LogP contribution in [0.2, 0.25) is 0 Å². The molecule has 0 saturated carbocycles. The van der Waals surface area contributed by atoms with Crippen molar-refractivity contribution in [2.75, 3.05) is 4.90 Å². The maximum atomic E-state index is 2.44. The van der Waals surface area contributed by atoms with E-state index < -0.39 is 0 Å². The molecule has 9 rings (SSSR count). The molecule has 0 aliphatic rings. The molecule has 0 atom stereocenters. The van der Waals surface area contributed by atoms with E-state index in [0.717, 1.165) is 17.1 Å². The van der Waals surface area contributed by atoms with Gasteiger partial charge < -0.3 is 4.90 Å². The minimum Gasteiger partial charge on any atom is -0.310 e. The highest BCUT2D eigenvalue weighted by atomic mass is 32.1. The van der Waals surface area contributed by atoms with Gasteiger partial charge in [-0.15, -0.1) is 22.7 Å². The average molecular weight is 610 g/mol. The molecule has 3 heteroatoms. The Labute approximate surface area is 269 Å². The monoisotopic (exact) mass is 609 g/mol. The maximum Gasteiger partial charge on any atom is 0.0546 e. The molecule has 0 bridgehead atoms. The van der Waals surface area contributed by atoms with Gasteiger partial charge in [0, 0.05) is 57.3 Å². The summed E-state index contributed by atoms with van der Waals surface area (Å²) in [5, 5.41) is 5.24. The standard InChI is InChI=1S/C42H27NS2/c1-3-13-28(14-4-1)31-19-11-21-36(41(31)35-20-12-24-39-42(35)34-18-8-10-23-38(34)44-39)43(29-15-5-2-6-16-29)30-25-26-33-32-17-7-9-22-37(32)45-40(33)27-30/h1-27H. The summed E-state index contributed by atoms with van der Waals surface area (Å²) < 4.78 is 5.23. The van der Waals surface area contributed by atoms with Crippen molar-refractivity contribution in [1.29, 1.82) is 0 Å². The van der Waals surface area contributed by atoms with Crippen LogP contribution in [-0.4, -0.2) is 0 Å². The molecule has 0 amide bonds. The molecule has 2 heterocycles. The molecular formula is C42H27NS2. The van der Waals surface area contributed by atoms with Crippen molar-refractivity contribution >= 4 is 80.1 Å². The molecule has 0 fully saturated rings. The zero-order chi connectivity index (χ0) is 29.7. The van der Waals surface area contributed by atoms with Crippen molar-refractivity contribution in [1.82, 2.24) is 0 Å². The first kappa shape index (κ1) is 26.2. The largest absolute Gasteiger partial charge is 0.310 e. The fraction of sp³-hybridized carbons (Fsp3) is 0. The molecule has 0 unspecified atom stereocenters. The Morgan fingerprint density at radius 1 is 0.378 bits per heavy atom. The van der Waals surface area contributed by atoms with Gasteiger partial charge in [0.25, 0.3) is 0 Å². The Morgan fingerprint density at radius 3 is 1.80 bits per heavy atom. The van der Waals surface area contributed by atoms with Crippen LogP contribution in [0.15, 0.2) is 164 Å². The molecule has 212 valence electrons. The average Bonchev–Trinajstić information content (AvgIpc) is 3.67. The van der Waals surface area contributed by atoms with Gasteiger partial charge in [-0.25, -0.2) is 0 Å². The smallest absolute Gasteiger partial charge is 0.0546 e. The normalized spacial score (nSPS) is 11.6. The lowest BCUT2D eigenvalue weighted by Gasteiger charge is -2.29. The second-order valence-corrected chi connectivity index (χ2v) is 13.5. The summed E-state index contributed by atoms with van der Waals surface area (Å²) in [6, 6.07) is 59.7. The van der Waals surface area contributed by atoms with Crippen LogP contribution in [0.3, 0.4) is 0 Å². The highest BCUT2D eigenvalue weighted by molar-refractivity contribution is 7.26. The van der Waals surface area contributed by atoms with Crippen LogP contribution >= 0.6 is 22.7 Å². The van der Waals surface area contributed by atoms with Crippen molar-refractivity contribution in [3.63, 3.8) is 0 Å². The van der Waals surface area contributed by atoms with Gasteiger partial charge in [-0.1, -0.05) is 115 Å². The number of rotatable bonds is 5. The number of hydrogen-bond acceptors (Lipinski definition) is 3. The minimum absolute atomic E-state index is 1.13. The molecule has 7 aromatic carbocycles. The van der Waals surface area contributed by atoms with Gasteiger partial charge in [0.05, 0.1) is 5.69 Å². The van der Waals surface area contributed by atoms with E-state index in [1.165, 1.54) is 62.6 Å². The number of hydrogen-bond donors (Lipinski definition) is 0. The number of benzene rings is 7. The van der Waals surface area contributed by atoms with Crippen molar-refractivity contribution in [2.45, 2.75) is 0 Å². The predicted octanol–water partition coefficient (Wildman–Crippen LogP) is 13.2. The van der Waals surface area contributed by atoms with Gasteiger partial charge in [0.1, 0.15) is 0 Å². The van der Waals surface area contributed by atoms with E-state index in [1.807, 2.05) is 22.7 Å².